The van der Waals surface area contributed by atoms with Crippen molar-refractivity contribution in [3.05, 3.63) is 48.8 Å². The van der Waals surface area contributed by atoms with Gasteiger partial charge in [-0.15, -0.1) is 11.3 Å². The molecule has 7 heterocycles. The van der Waals surface area contributed by atoms with Gasteiger partial charge in [-0.1, -0.05) is 0 Å². The summed E-state index contributed by atoms with van der Waals surface area (Å²) in [4.78, 5) is 27.9. The molecule has 0 saturated carbocycles. The highest BCUT2D eigenvalue weighted by molar-refractivity contribution is 7.21. The van der Waals surface area contributed by atoms with Gasteiger partial charge in [-0.25, -0.2) is 19.5 Å². The number of piperazine rings is 1. The minimum Gasteiger partial charge on any atom is -0.395 e. The van der Waals surface area contributed by atoms with Crippen molar-refractivity contribution in [3.63, 3.8) is 0 Å². The molecule has 2 bridgehead atoms. The number of aromatic nitrogens is 7. The van der Waals surface area contributed by atoms with Crippen LogP contribution >= 0.6 is 11.3 Å². The Balaban J connectivity index is 1.14. The molecule has 0 aromatic carbocycles. The van der Waals surface area contributed by atoms with Gasteiger partial charge in [0.25, 0.3) is 0 Å². The molecule has 0 amide bonds. The molecule has 7 rings (SSSR count). The maximum absolute atomic E-state index is 9.30. The van der Waals surface area contributed by atoms with Crippen molar-refractivity contribution in [2.75, 3.05) is 36.5 Å². The van der Waals surface area contributed by atoms with Crippen LogP contribution < -0.4 is 10.2 Å². The number of aliphatic hydroxyl groups is 1. The number of anilines is 3. The van der Waals surface area contributed by atoms with Gasteiger partial charge < -0.3 is 15.3 Å². The molecule has 2 aliphatic rings. The van der Waals surface area contributed by atoms with Crippen LogP contribution in [-0.4, -0.2) is 82.9 Å². The number of β-amino-alcohol motifs (C(OH)–C–C–N with tert-alkyl or cyclic N) is 1. The molecule has 2 N–H and O–H groups in total. The highest BCUT2D eigenvalue weighted by atomic mass is 32.1. The van der Waals surface area contributed by atoms with E-state index in [9.17, 15) is 5.11 Å². The number of rotatable bonds is 6. The summed E-state index contributed by atoms with van der Waals surface area (Å²) in [5, 5.41) is 17.9. The highest BCUT2D eigenvalue weighted by Gasteiger charge is 2.43. The summed E-state index contributed by atoms with van der Waals surface area (Å²) in [6.45, 7) is 4.75. The molecule has 5 aromatic rings. The number of nitrogens with one attached hydrogen (secondary N) is 1. The average Bonchev–Trinajstić information content (AvgIpc) is 3.65. The monoisotopic (exact) mass is 500 g/mol. The molecule has 2 aliphatic heterocycles. The van der Waals surface area contributed by atoms with E-state index in [1.165, 1.54) is 0 Å². The van der Waals surface area contributed by atoms with Crippen molar-refractivity contribution in [2.45, 2.75) is 25.4 Å². The third kappa shape index (κ3) is 3.65. The zero-order valence-electron chi connectivity index (χ0n) is 19.6. The van der Waals surface area contributed by atoms with Gasteiger partial charge in [0.1, 0.15) is 16.6 Å². The largest absolute Gasteiger partial charge is 0.395 e. The van der Waals surface area contributed by atoms with E-state index in [4.69, 9.17) is 15.0 Å². The molecule has 0 aliphatic carbocycles. The van der Waals surface area contributed by atoms with Gasteiger partial charge in [-0.3, -0.25) is 9.88 Å². The normalized spacial score (nSPS) is 19.7. The summed E-state index contributed by atoms with van der Waals surface area (Å²) in [5.41, 5.74) is 3.63. The van der Waals surface area contributed by atoms with E-state index in [-0.39, 0.29) is 6.61 Å². The van der Waals surface area contributed by atoms with E-state index in [1.54, 1.807) is 28.2 Å². The molecule has 2 fully saturated rings. The number of aliphatic hydroxyl groups excluding tert-OH is 1. The quantitative estimate of drug-likeness (QED) is 0.360. The molecule has 0 spiro atoms. The van der Waals surface area contributed by atoms with E-state index in [2.05, 4.69) is 30.2 Å². The van der Waals surface area contributed by atoms with Crippen LogP contribution in [0, 0.1) is 6.92 Å². The zero-order valence-corrected chi connectivity index (χ0v) is 20.4. The number of hydrogen-bond donors (Lipinski definition) is 2. The van der Waals surface area contributed by atoms with Crippen LogP contribution in [0.15, 0.2) is 43.1 Å². The third-order valence-corrected chi connectivity index (χ3v) is 7.97. The summed E-state index contributed by atoms with van der Waals surface area (Å²) in [6, 6.07) is 4.71. The number of fused-ring (bicyclic) bond motifs is 4. The van der Waals surface area contributed by atoms with E-state index in [1.807, 2.05) is 37.6 Å². The molecule has 12 heteroatoms. The number of aryl methyl sites for hydroxylation is 1. The van der Waals surface area contributed by atoms with Gasteiger partial charge in [0.15, 0.2) is 0 Å². The first kappa shape index (κ1) is 21.5. The van der Waals surface area contributed by atoms with E-state index >= 15 is 0 Å². The van der Waals surface area contributed by atoms with Crippen LogP contribution in [-0.2, 0) is 0 Å². The van der Waals surface area contributed by atoms with Crippen molar-refractivity contribution < 1.29 is 5.11 Å². The first-order valence-corrected chi connectivity index (χ1v) is 12.7. The van der Waals surface area contributed by atoms with Crippen molar-refractivity contribution in [2.24, 2.45) is 0 Å². The molecular formula is C24H24N10OS. The van der Waals surface area contributed by atoms with Gasteiger partial charge in [-0.05, 0) is 13.3 Å². The molecule has 0 unspecified atom stereocenters. The number of thiazole rings is 1. The van der Waals surface area contributed by atoms with Crippen molar-refractivity contribution in [1.82, 2.24) is 39.4 Å². The van der Waals surface area contributed by atoms with Crippen LogP contribution in [0.1, 0.15) is 12.1 Å². The van der Waals surface area contributed by atoms with Gasteiger partial charge in [0, 0.05) is 68.1 Å². The van der Waals surface area contributed by atoms with E-state index < -0.39 is 0 Å². The second-order valence-corrected chi connectivity index (χ2v) is 10.3. The Morgan fingerprint density at radius 3 is 2.89 bits per heavy atom. The number of likely N-dealkylation sites (tertiary alicyclic amines) is 1. The van der Waals surface area contributed by atoms with Crippen molar-refractivity contribution in [1.29, 1.82) is 0 Å². The Hall–Kier alpha value is -3.74. The maximum atomic E-state index is 9.30. The molecule has 2 atom stereocenters. The Labute approximate surface area is 210 Å². The number of hydrogen-bond acceptors (Lipinski definition) is 11. The van der Waals surface area contributed by atoms with Crippen LogP contribution in [0.2, 0.25) is 0 Å². The Morgan fingerprint density at radius 2 is 2.03 bits per heavy atom. The molecule has 182 valence electrons. The lowest BCUT2D eigenvalue weighted by Gasteiger charge is -2.34. The van der Waals surface area contributed by atoms with Gasteiger partial charge in [-0.2, -0.15) is 10.1 Å². The van der Waals surface area contributed by atoms with E-state index in [0.29, 0.717) is 23.7 Å². The first-order chi connectivity index (χ1) is 17.6. The molecule has 36 heavy (non-hydrogen) atoms. The van der Waals surface area contributed by atoms with Crippen molar-refractivity contribution in [3.8, 4) is 10.6 Å². The molecular weight excluding hydrogens is 476 g/mol. The molecule has 5 aromatic heterocycles. The van der Waals surface area contributed by atoms with Crippen LogP contribution in [0.4, 0.5) is 17.6 Å². The maximum Gasteiger partial charge on any atom is 0.227 e. The van der Waals surface area contributed by atoms with Crippen molar-refractivity contribution >= 4 is 44.7 Å². The van der Waals surface area contributed by atoms with E-state index in [0.717, 1.165) is 64.0 Å². The fourth-order valence-electron chi connectivity index (χ4n) is 5.29. The summed E-state index contributed by atoms with van der Waals surface area (Å²) in [5.74, 6) is 2.14. The minimum atomic E-state index is 0.201. The second kappa shape index (κ2) is 8.43. The summed E-state index contributed by atoms with van der Waals surface area (Å²) >= 11 is 1.58. The number of pyridine rings is 1. The van der Waals surface area contributed by atoms with Crippen LogP contribution in [0.25, 0.3) is 26.3 Å². The van der Waals surface area contributed by atoms with Gasteiger partial charge in [0.2, 0.25) is 5.95 Å². The highest BCUT2D eigenvalue weighted by Crippen LogP contribution is 2.35. The lowest BCUT2D eigenvalue weighted by atomic mass is 10.2. The predicted molar refractivity (Wildman–Crippen MR) is 138 cm³/mol. The van der Waals surface area contributed by atoms with Crippen LogP contribution in [0.5, 0.6) is 0 Å². The second-order valence-electron chi connectivity index (χ2n) is 9.25. The fraction of sp³-hybridized carbons (Fsp3) is 0.333. The third-order valence-electron chi connectivity index (χ3n) is 6.93. The molecule has 2 saturated heterocycles. The molecule has 0 radical (unpaired) electrons. The lowest BCUT2D eigenvalue weighted by Crippen LogP contribution is -2.47. The lowest BCUT2D eigenvalue weighted by molar-refractivity contribution is 0.176. The topological polar surface area (TPSA) is 120 Å². The Kier molecular flexibility index (Phi) is 5.04. The SMILES string of the molecule is Cc1cc(Nc2cc3nc(-c4cnn5ccncc45)sc3cn2)nc(N2C[C@@H]3C[C@H]2CN3CCO)n1. The smallest absolute Gasteiger partial charge is 0.227 e. The summed E-state index contributed by atoms with van der Waals surface area (Å²) in [6.07, 6.45) is 10.1. The summed E-state index contributed by atoms with van der Waals surface area (Å²) in [7, 11) is 0. The Morgan fingerprint density at radius 1 is 1.08 bits per heavy atom. The summed E-state index contributed by atoms with van der Waals surface area (Å²) < 4.78 is 2.80. The zero-order chi connectivity index (χ0) is 24.2. The van der Waals surface area contributed by atoms with Crippen LogP contribution in [0.3, 0.4) is 0 Å². The average molecular weight is 501 g/mol. The first-order valence-electron chi connectivity index (χ1n) is 11.9. The van der Waals surface area contributed by atoms with Gasteiger partial charge >= 0.3 is 0 Å². The Bertz CT molecular complexity index is 1580. The predicted octanol–water partition coefficient (Wildman–Crippen LogP) is 2.50. The molecule has 11 nitrogen and oxygen atoms in total. The fourth-order valence-corrected chi connectivity index (χ4v) is 6.22. The standard InChI is InChI=1S/C24H24N10OS/c1-14-6-22(31-24(28-14)33-13-15-7-16(33)12-32(15)4-5-35)30-21-8-18-20(11-26-21)36-23(29-18)17-9-27-34-3-2-25-10-19(17)34/h2-3,6,8-11,15-16,35H,4-5,7,12-13H2,1H3,(H,26,28,30,31)/t15-,16-/m0/s1. The minimum absolute atomic E-state index is 0.201. The number of nitrogens with zero attached hydrogens (tertiary/aromatic N) is 9. The van der Waals surface area contributed by atoms with Gasteiger partial charge in [0.05, 0.1) is 40.3 Å².